The van der Waals surface area contributed by atoms with Crippen LogP contribution in [0.5, 0.6) is 0 Å². The van der Waals surface area contributed by atoms with Crippen LogP contribution < -0.4 is 0 Å². The average Bonchev–Trinajstić information content (AvgIpc) is 3.02. The Kier molecular flexibility index (Phi) is 5.57. The summed E-state index contributed by atoms with van der Waals surface area (Å²) < 4.78 is 23.1. The fourth-order valence-corrected chi connectivity index (χ4v) is 4.43. The van der Waals surface area contributed by atoms with Crippen molar-refractivity contribution >= 4 is 38.3 Å². The van der Waals surface area contributed by atoms with Crippen molar-refractivity contribution in [3.63, 3.8) is 0 Å². The number of para-hydroxylation sites is 1. The van der Waals surface area contributed by atoms with Crippen molar-refractivity contribution in [1.29, 1.82) is 0 Å². The van der Waals surface area contributed by atoms with Crippen LogP contribution in [0.25, 0.3) is 32.5 Å². The van der Waals surface area contributed by atoms with Gasteiger partial charge in [0.15, 0.2) is 9.84 Å². The number of halogens is 1. The first-order chi connectivity index (χ1) is 13.6. The minimum Gasteiger partial charge on any atom is -0.477 e. The minimum absolute atomic E-state index is 0.0347. The van der Waals surface area contributed by atoms with Crippen molar-refractivity contribution in [3.8, 4) is 11.1 Å². The Bertz CT molecular complexity index is 1280. The van der Waals surface area contributed by atoms with Crippen molar-refractivity contribution in [2.24, 2.45) is 5.11 Å². The zero-order chi connectivity index (χ0) is 21.3. The lowest BCUT2D eigenvalue weighted by molar-refractivity contribution is 0.0692. The van der Waals surface area contributed by atoms with Crippen LogP contribution in [-0.2, 0) is 15.6 Å². The van der Waals surface area contributed by atoms with Gasteiger partial charge in [0.05, 0.1) is 17.3 Å². The average molecular weight is 433 g/mol. The number of aromatic carboxylic acids is 1. The molecule has 2 aromatic carbocycles. The number of hydrogen-bond acceptors (Lipinski definition) is 4. The number of aromatic nitrogens is 1. The molecule has 8 nitrogen and oxygen atoms in total. The molecule has 3 aromatic rings. The standard InChI is InChI=1S/C19H17ClN4O4S/c1-10(23-24-21)13-4-3-5-14-16(18(19(25)26)22-17(13)14)11-6-7-12(15(20)8-11)9-29(2,27)28/h3-8,10,22H,9H2,1-2H3,(H,25,26). The summed E-state index contributed by atoms with van der Waals surface area (Å²) in [6.45, 7) is 1.71. The van der Waals surface area contributed by atoms with Gasteiger partial charge in [-0.1, -0.05) is 54.0 Å². The van der Waals surface area contributed by atoms with Gasteiger partial charge in [-0.05, 0) is 28.3 Å². The third-order valence-corrected chi connectivity index (χ3v) is 5.70. The fraction of sp³-hybridized carbons (Fsp3) is 0.211. The SMILES string of the molecule is CC(N=[N+]=[N-])c1cccc2c(-c3ccc(CS(C)(=O)=O)c(Cl)c3)c(C(=O)O)[nH]c12. The molecule has 0 saturated heterocycles. The second-order valence-electron chi connectivity index (χ2n) is 6.71. The fourth-order valence-electron chi connectivity index (χ4n) is 3.29. The zero-order valence-electron chi connectivity index (χ0n) is 15.5. The number of carbonyl (C=O) groups is 1. The molecule has 29 heavy (non-hydrogen) atoms. The van der Waals surface area contributed by atoms with E-state index in [-0.39, 0.29) is 16.5 Å². The highest BCUT2D eigenvalue weighted by molar-refractivity contribution is 7.89. The summed E-state index contributed by atoms with van der Waals surface area (Å²) in [6.07, 6.45) is 1.12. The minimum atomic E-state index is -3.27. The molecule has 0 fully saturated rings. The molecule has 3 rings (SSSR count). The molecule has 150 valence electrons. The predicted octanol–water partition coefficient (Wildman–Crippen LogP) is 5.10. The van der Waals surface area contributed by atoms with Crippen LogP contribution in [0, 0.1) is 0 Å². The summed E-state index contributed by atoms with van der Waals surface area (Å²) in [6, 6.07) is 9.55. The molecule has 1 atom stereocenters. The first-order valence-electron chi connectivity index (χ1n) is 8.51. The molecule has 10 heteroatoms. The van der Waals surface area contributed by atoms with E-state index in [0.717, 1.165) is 6.26 Å². The Labute approximate surface area is 171 Å². The summed E-state index contributed by atoms with van der Waals surface area (Å²) in [5, 5.41) is 14.3. The number of sulfone groups is 1. The van der Waals surface area contributed by atoms with Crippen LogP contribution >= 0.6 is 11.6 Å². The van der Waals surface area contributed by atoms with Crippen molar-refractivity contribution < 1.29 is 18.3 Å². The van der Waals surface area contributed by atoms with E-state index in [1.807, 2.05) is 0 Å². The van der Waals surface area contributed by atoms with Crippen LogP contribution in [0.2, 0.25) is 5.02 Å². The third kappa shape index (κ3) is 4.22. The maximum atomic E-state index is 11.9. The first kappa shape index (κ1) is 20.7. The Morgan fingerprint density at radius 2 is 2.07 bits per heavy atom. The number of benzene rings is 2. The Morgan fingerprint density at radius 1 is 1.34 bits per heavy atom. The van der Waals surface area contributed by atoms with E-state index in [2.05, 4.69) is 15.0 Å². The van der Waals surface area contributed by atoms with Crippen LogP contribution in [0.3, 0.4) is 0 Å². The van der Waals surface area contributed by atoms with E-state index in [0.29, 0.717) is 33.2 Å². The maximum Gasteiger partial charge on any atom is 0.352 e. The Hall–Kier alpha value is -3.00. The number of H-pyrrole nitrogens is 1. The van der Waals surface area contributed by atoms with Gasteiger partial charge in [0.1, 0.15) is 5.69 Å². The second kappa shape index (κ2) is 7.79. The molecule has 0 bridgehead atoms. The van der Waals surface area contributed by atoms with E-state index < -0.39 is 21.8 Å². The number of fused-ring (bicyclic) bond motifs is 1. The van der Waals surface area contributed by atoms with Crippen LogP contribution in [0.4, 0.5) is 0 Å². The third-order valence-electron chi connectivity index (χ3n) is 4.51. The van der Waals surface area contributed by atoms with Gasteiger partial charge in [-0.25, -0.2) is 13.2 Å². The molecule has 0 radical (unpaired) electrons. The molecule has 0 aliphatic rings. The summed E-state index contributed by atoms with van der Waals surface area (Å²) in [7, 11) is -3.27. The number of rotatable bonds is 6. The van der Waals surface area contributed by atoms with Gasteiger partial charge in [-0.3, -0.25) is 0 Å². The first-order valence-corrected chi connectivity index (χ1v) is 10.9. The molecule has 1 heterocycles. The highest BCUT2D eigenvalue weighted by Crippen LogP contribution is 2.38. The smallest absolute Gasteiger partial charge is 0.352 e. The molecule has 0 amide bonds. The van der Waals surface area contributed by atoms with Gasteiger partial charge in [0.2, 0.25) is 0 Å². The molecule has 0 aliphatic carbocycles. The lowest BCUT2D eigenvalue weighted by Crippen LogP contribution is -2.02. The molecular formula is C19H17ClN4O4S. The van der Waals surface area contributed by atoms with Gasteiger partial charge < -0.3 is 10.1 Å². The molecule has 0 aliphatic heterocycles. The van der Waals surface area contributed by atoms with Gasteiger partial charge >= 0.3 is 5.97 Å². The number of carboxylic acid groups (broad SMARTS) is 1. The zero-order valence-corrected chi connectivity index (χ0v) is 17.1. The van der Waals surface area contributed by atoms with E-state index in [4.69, 9.17) is 17.1 Å². The monoisotopic (exact) mass is 432 g/mol. The van der Waals surface area contributed by atoms with Gasteiger partial charge in [0, 0.05) is 27.1 Å². The highest BCUT2D eigenvalue weighted by Gasteiger charge is 2.22. The number of azide groups is 1. The summed E-state index contributed by atoms with van der Waals surface area (Å²) in [5.41, 5.74) is 11.3. The van der Waals surface area contributed by atoms with E-state index in [1.165, 1.54) is 0 Å². The summed E-state index contributed by atoms with van der Waals surface area (Å²) in [5.74, 6) is -1.37. The summed E-state index contributed by atoms with van der Waals surface area (Å²) >= 11 is 6.28. The molecule has 1 unspecified atom stereocenters. The number of nitrogens with zero attached hydrogens (tertiary/aromatic N) is 3. The lowest BCUT2D eigenvalue weighted by Gasteiger charge is -2.09. The van der Waals surface area contributed by atoms with Crippen molar-refractivity contribution in [2.75, 3.05) is 6.26 Å². The lowest BCUT2D eigenvalue weighted by atomic mass is 9.98. The molecule has 0 saturated carbocycles. The van der Waals surface area contributed by atoms with Crippen LogP contribution in [0.1, 0.15) is 34.6 Å². The van der Waals surface area contributed by atoms with E-state index in [9.17, 15) is 18.3 Å². The van der Waals surface area contributed by atoms with Crippen LogP contribution in [-0.4, -0.2) is 30.7 Å². The van der Waals surface area contributed by atoms with Crippen molar-refractivity contribution in [3.05, 3.63) is 68.7 Å². The van der Waals surface area contributed by atoms with Crippen molar-refractivity contribution in [2.45, 2.75) is 18.7 Å². The normalized spacial score (nSPS) is 12.5. The van der Waals surface area contributed by atoms with Gasteiger partial charge in [-0.15, -0.1) is 0 Å². The molecular weight excluding hydrogens is 416 g/mol. The number of nitrogens with one attached hydrogen (secondary N) is 1. The Balaban J connectivity index is 2.25. The largest absolute Gasteiger partial charge is 0.477 e. The number of carboxylic acids is 1. The number of aromatic amines is 1. The van der Waals surface area contributed by atoms with Crippen LogP contribution in [0.15, 0.2) is 41.5 Å². The molecule has 1 aromatic heterocycles. The number of hydrogen-bond donors (Lipinski definition) is 2. The van der Waals surface area contributed by atoms with E-state index >= 15 is 0 Å². The van der Waals surface area contributed by atoms with Gasteiger partial charge in [0.25, 0.3) is 0 Å². The van der Waals surface area contributed by atoms with Crippen molar-refractivity contribution in [1.82, 2.24) is 4.98 Å². The predicted molar refractivity (Wildman–Crippen MR) is 112 cm³/mol. The molecule has 2 N–H and O–H groups in total. The maximum absolute atomic E-state index is 11.9. The Morgan fingerprint density at radius 3 is 2.66 bits per heavy atom. The van der Waals surface area contributed by atoms with Gasteiger partial charge in [-0.2, -0.15) is 0 Å². The van der Waals surface area contributed by atoms with E-state index in [1.54, 1.807) is 43.3 Å². The molecule has 0 spiro atoms. The topological polar surface area (TPSA) is 136 Å². The quantitative estimate of drug-likeness (QED) is 0.318. The summed E-state index contributed by atoms with van der Waals surface area (Å²) in [4.78, 5) is 17.6. The second-order valence-corrected chi connectivity index (χ2v) is 9.25. The highest BCUT2D eigenvalue weighted by atomic mass is 35.5.